The highest BCUT2D eigenvalue weighted by atomic mass is 32.2. The van der Waals surface area contributed by atoms with Crippen molar-refractivity contribution in [3.05, 3.63) is 54.6 Å². The Kier molecular flexibility index (Phi) is 5.55. The summed E-state index contributed by atoms with van der Waals surface area (Å²) in [5, 5.41) is 7.52. The van der Waals surface area contributed by atoms with Crippen LogP contribution in [0.1, 0.15) is 37.7 Å². The van der Waals surface area contributed by atoms with E-state index < -0.39 is 0 Å². The Hall–Kier alpha value is -2.18. The Labute approximate surface area is 170 Å². The number of hydrogen-bond donors (Lipinski definition) is 4. The molecule has 2 aromatic rings. The monoisotopic (exact) mass is 396 g/mol. The third-order valence-corrected chi connectivity index (χ3v) is 6.34. The van der Waals surface area contributed by atoms with Crippen molar-refractivity contribution in [3.63, 3.8) is 0 Å². The lowest BCUT2D eigenvalue weighted by atomic mass is 9.96. The zero-order chi connectivity index (χ0) is 18.6. The topological polar surface area (TPSA) is 48.1 Å². The fourth-order valence-electron chi connectivity index (χ4n) is 3.50. The quantitative estimate of drug-likeness (QED) is 0.361. The van der Waals surface area contributed by atoms with Crippen LogP contribution in [-0.4, -0.2) is 11.2 Å². The molecule has 1 aliphatic carbocycles. The summed E-state index contributed by atoms with van der Waals surface area (Å²) < 4.78 is 0. The van der Waals surface area contributed by atoms with Gasteiger partial charge in [-0.2, -0.15) is 0 Å². The molecular formula is C21H24N4S2. The van der Waals surface area contributed by atoms with Gasteiger partial charge in [0.15, 0.2) is 5.11 Å². The summed E-state index contributed by atoms with van der Waals surface area (Å²) in [6.07, 6.45) is 6.28. The van der Waals surface area contributed by atoms with Crippen LogP contribution in [0.5, 0.6) is 0 Å². The molecular weight excluding hydrogens is 372 g/mol. The summed E-state index contributed by atoms with van der Waals surface area (Å²) in [4.78, 5) is 2.46. The molecule has 1 heterocycles. The number of benzene rings is 2. The van der Waals surface area contributed by atoms with E-state index in [1.807, 2.05) is 6.07 Å². The third kappa shape index (κ3) is 4.39. The second-order valence-corrected chi connectivity index (χ2v) is 8.46. The summed E-state index contributed by atoms with van der Waals surface area (Å²) in [5.41, 5.74) is 10.3. The Morgan fingerprint density at radius 1 is 1.00 bits per heavy atom. The number of anilines is 2. The van der Waals surface area contributed by atoms with Crippen molar-refractivity contribution in [2.45, 2.75) is 47.9 Å². The highest BCUT2D eigenvalue weighted by Crippen LogP contribution is 2.44. The molecule has 1 aliphatic heterocycles. The molecule has 2 aliphatic rings. The molecule has 0 aromatic heterocycles. The van der Waals surface area contributed by atoms with Gasteiger partial charge in [-0.15, -0.1) is 0 Å². The van der Waals surface area contributed by atoms with Gasteiger partial charge in [0.1, 0.15) is 0 Å². The summed E-state index contributed by atoms with van der Waals surface area (Å²) in [6.45, 7) is 4.14. The maximum atomic E-state index is 5.40. The zero-order valence-corrected chi connectivity index (χ0v) is 16.8. The van der Waals surface area contributed by atoms with Gasteiger partial charge in [0.2, 0.25) is 0 Å². The minimum atomic E-state index is 0.485. The van der Waals surface area contributed by atoms with E-state index in [-0.39, 0.29) is 0 Å². The smallest absolute Gasteiger partial charge is 0.185 e. The van der Waals surface area contributed by atoms with Gasteiger partial charge in [-0.05, 0) is 49.3 Å². The van der Waals surface area contributed by atoms with E-state index in [1.54, 1.807) is 11.8 Å². The van der Waals surface area contributed by atoms with Crippen molar-refractivity contribution in [2.75, 3.05) is 5.32 Å². The molecule has 1 fully saturated rings. The average Bonchev–Trinajstić information content (AvgIpc) is 2.70. The van der Waals surface area contributed by atoms with Crippen LogP contribution in [0.3, 0.4) is 0 Å². The maximum absolute atomic E-state index is 5.40. The number of fused-ring (bicyclic) bond motifs is 2. The standard InChI is InChI=1S/C21H24N4S2/c1-14(24-25-21(26)22-16-7-3-2-4-8-16)15-11-12-20-18(13-15)23-17-9-5-6-10-19(17)27-20/h5-6,9-13,16,23-24H,1-4,7-8H2,(H2,22,25,26). The van der Waals surface area contributed by atoms with Gasteiger partial charge in [-0.3, -0.25) is 10.9 Å². The number of hydrazine groups is 1. The highest BCUT2D eigenvalue weighted by Gasteiger charge is 2.16. The van der Waals surface area contributed by atoms with Crippen molar-refractivity contribution in [3.8, 4) is 0 Å². The molecule has 4 nitrogen and oxygen atoms in total. The van der Waals surface area contributed by atoms with Crippen molar-refractivity contribution >= 4 is 46.2 Å². The molecule has 6 heteroatoms. The van der Waals surface area contributed by atoms with E-state index in [0.29, 0.717) is 11.2 Å². The predicted octanol–water partition coefficient (Wildman–Crippen LogP) is 5.17. The zero-order valence-electron chi connectivity index (χ0n) is 15.2. The van der Waals surface area contributed by atoms with Gasteiger partial charge in [0.05, 0.1) is 17.1 Å². The molecule has 2 aromatic carbocycles. The van der Waals surface area contributed by atoms with Gasteiger partial charge in [0, 0.05) is 21.4 Å². The second-order valence-electron chi connectivity index (χ2n) is 6.97. The summed E-state index contributed by atoms with van der Waals surface area (Å²) in [6, 6.07) is 15.2. The normalized spacial score (nSPS) is 15.7. The van der Waals surface area contributed by atoms with Crippen LogP contribution in [0.2, 0.25) is 0 Å². The molecule has 0 atom stereocenters. The average molecular weight is 397 g/mol. The Balaban J connectivity index is 1.35. The molecule has 4 N–H and O–H groups in total. The minimum Gasteiger partial charge on any atom is -0.359 e. The van der Waals surface area contributed by atoms with E-state index >= 15 is 0 Å². The fourth-order valence-corrected chi connectivity index (χ4v) is 4.69. The van der Waals surface area contributed by atoms with Gasteiger partial charge in [0.25, 0.3) is 0 Å². The molecule has 0 radical (unpaired) electrons. The molecule has 0 unspecified atom stereocenters. The molecule has 140 valence electrons. The van der Waals surface area contributed by atoms with Crippen molar-refractivity contribution in [1.82, 2.24) is 16.2 Å². The molecule has 27 heavy (non-hydrogen) atoms. The SMILES string of the molecule is C=C(NNC(=S)NC1CCCCC1)c1ccc2c(c1)Nc1ccccc1S2. The van der Waals surface area contributed by atoms with Gasteiger partial charge in [-0.25, -0.2) is 0 Å². The van der Waals surface area contributed by atoms with Gasteiger partial charge < -0.3 is 10.6 Å². The minimum absolute atomic E-state index is 0.485. The first-order chi connectivity index (χ1) is 13.2. The van der Waals surface area contributed by atoms with Crippen molar-refractivity contribution < 1.29 is 0 Å². The molecule has 0 amide bonds. The van der Waals surface area contributed by atoms with E-state index in [4.69, 9.17) is 12.2 Å². The molecule has 4 rings (SSSR count). The molecule has 0 spiro atoms. The predicted molar refractivity (Wildman–Crippen MR) is 118 cm³/mol. The van der Waals surface area contributed by atoms with Crippen molar-refractivity contribution in [1.29, 1.82) is 0 Å². The summed E-state index contributed by atoms with van der Waals surface area (Å²) in [7, 11) is 0. The fraction of sp³-hybridized carbons (Fsp3) is 0.286. The molecule has 0 saturated heterocycles. The number of rotatable bonds is 4. The molecule has 1 saturated carbocycles. The van der Waals surface area contributed by atoms with Gasteiger partial charge in [-0.1, -0.05) is 55.8 Å². The first-order valence-corrected chi connectivity index (χ1v) is 10.6. The lowest BCUT2D eigenvalue weighted by Crippen LogP contribution is -2.47. The largest absolute Gasteiger partial charge is 0.359 e. The van der Waals surface area contributed by atoms with Gasteiger partial charge >= 0.3 is 0 Å². The first kappa shape index (κ1) is 18.2. The molecule has 0 bridgehead atoms. The second kappa shape index (κ2) is 8.23. The first-order valence-electron chi connectivity index (χ1n) is 9.39. The Morgan fingerprint density at radius 2 is 1.78 bits per heavy atom. The summed E-state index contributed by atoms with van der Waals surface area (Å²) in [5.74, 6) is 0. The van der Waals surface area contributed by atoms with E-state index in [9.17, 15) is 0 Å². The Bertz CT molecular complexity index is 859. The van der Waals surface area contributed by atoms with Crippen LogP contribution < -0.4 is 21.5 Å². The van der Waals surface area contributed by atoms with Crippen LogP contribution in [0.15, 0.2) is 58.8 Å². The Morgan fingerprint density at radius 3 is 2.63 bits per heavy atom. The van der Waals surface area contributed by atoms with Crippen molar-refractivity contribution in [2.24, 2.45) is 0 Å². The number of thiocarbonyl (C=S) groups is 1. The number of hydrogen-bond acceptors (Lipinski definition) is 4. The van der Waals surface area contributed by atoms with E-state index in [1.165, 1.54) is 41.9 Å². The highest BCUT2D eigenvalue weighted by molar-refractivity contribution is 7.99. The number of nitrogens with one attached hydrogen (secondary N) is 4. The van der Waals surface area contributed by atoms with Crippen LogP contribution in [0.4, 0.5) is 11.4 Å². The number of para-hydroxylation sites is 1. The van der Waals surface area contributed by atoms with Crippen LogP contribution >= 0.6 is 24.0 Å². The van der Waals surface area contributed by atoms with E-state index in [2.05, 4.69) is 64.5 Å². The van der Waals surface area contributed by atoms with Crippen LogP contribution in [0, 0.1) is 0 Å². The van der Waals surface area contributed by atoms with Crippen LogP contribution in [0.25, 0.3) is 5.70 Å². The third-order valence-electron chi connectivity index (χ3n) is 4.97. The van der Waals surface area contributed by atoms with E-state index in [0.717, 1.165) is 22.6 Å². The van der Waals surface area contributed by atoms with Crippen LogP contribution in [-0.2, 0) is 0 Å². The lowest BCUT2D eigenvalue weighted by molar-refractivity contribution is 0.411. The maximum Gasteiger partial charge on any atom is 0.185 e. The summed E-state index contributed by atoms with van der Waals surface area (Å²) >= 11 is 7.18. The lowest BCUT2D eigenvalue weighted by Gasteiger charge is -2.25.